The van der Waals surface area contributed by atoms with Crippen LogP contribution in [0.1, 0.15) is 21.5 Å². The highest BCUT2D eigenvalue weighted by atomic mass is 79.9. The van der Waals surface area contributed by atoms with E-state index in [1.807, 2.05) is 32.3 Å². The molecule has 2 aromatic rings. The summed E-state index contributed by atoms with van der Waals surface area (Å²) in [5.74, 6) is -0.271. The van der Waals surface area contributed by atoms with Gasteiger partial charge in [0.2, 0.25) is 12.3 Å². The number of para-hydroxylation sites is 1. The molecule has 1 aromatic heterocycles. The highest BCUT2D eigenvalue weighted by molar-refractivity contribution is 5.98. The molecule has 0 spiro atoms. The van der Waals surface area contributed by atoms with Crippen molar-refractivity contribution in [3.8, 4) is 0 Å². The Kier molecular flexibility index (Phi) is 5.72. The molecule has 0 atom stereocenters. The fraction of sp³-hybridized carbons (Fsp3) is 0.200. The first-order valence-electron chi connectivity index (χ1n) is 6.21. The average Bonchev–Trinajstić information content (AvgIpc) is 2.37. The normalized spacial score (nSPS) is 9.81. The Bertz CT molecular complexity index is 666. The number of benzene rings is 1. The maximum absolute atomic E-state index is 12.2. The number of Topliss-reactive ketones (excluding diaryl/α,β-unsaturated/α-hetero) is 1. The first-order chi connectivity index (χ1) is 9.47. The number of nitrogens with zero attached hydrogens (tertiary/aromatic N) is 2. The minimum atomic E-state index is -0.528. The highest BCUT2D eigenvalue weighted by Crippen LogP contribution is 2.18. The predicted molar refractivity (Wildman–Crippen MR) is 73.5 cm³/mol. The van der Waals surface area contributed by atoms with Crippen molar-refractivity contribution in [1.29, 1.82) is 0 Å². The second-order valence-corrected chi connectivity index (χ2v) is 4.76. The molecule has 1 heterocycles. The van der Waals surface area contributed by atoms with E-state index < -0.39 is 4.92 Å². The zero-order valence-electron chi connectivity index (χ0n) is 11.7. The molecule has 2 rings (SSSR count). The monoisotopic (exact) mass is 350 g/mol. The molecule has 0 fully saturated rings. The maximum Gasteiger partial charge on any atom is 0.280 e. The first kappa shape index (κ1) is 17.0. The number of nitro groups is 1. The van der Waals surface area contributed by atoms with E-state index >= 15 is 0 Å². The molecule has 0 aliphatic heterocycles. The number of rotatable bonds is 4. The number of hydrogen-bond donors (Lipinski definition) is 0. The molecule has 0 unspecified atom stereocenters. The van der Waals surface area contributed by atoms with Gasteiger partial charge in [-0.05, 0) is 26.0 Å². The summed E-state index contributed by atoms with van der Waals surface area (Å²) in [5, 5.41) is 10.9. The van der Waals surface area contributed by atoms with Gasteiger partial charge in [0.05, 0.1) is 4.92 Å². The van der Waals surface area contributed by atoms with E-state index in [1.165, 1.54) is 12.1 Å². The van der Waals surface area contributed by atoms with Crippen molar-refractivity contribution in [2.24, 2.45) is 0 Å². The summed E-state index contributed by atoms with van der Waals surface area (Å²) in [6, 6.07) is 8.03. The molecule has 0 aliphatic carbocycles. The molecule has 0 N–H and O–H groups in total. The van der Waals surface area contributed by atoms with Gasteiger partial charge in [-0.1, -0.05) is 12.1 Å². The van der Waals surface area contributed by atoms with Gasteiger partial charge < -0.3 is 17.0 Å². The molecule has 21 heavy (non-hydrogen) atoms. The molecular weight excluding hydrogens is 336 g/mol. The van der Waals surface area contributed by atoms with E-state index in [2.05, 4.69) is 0 Å². The number of halogens is 1. The zero-order chi connectivity index (χ0) is 14.7. The quantitative estimate of drug-likeness (QED) is 0.319. The van der Waals surface area contributed by atoms with Gasteiger partial charge in [-0.3, -0.25) is 14.9 Å². The van der Waals surface area contributed by atoms with Crippen LogP contribution >= 0.6 is 0 Å². The summed E-state index contributed by atoms with van der Waals surface area (Å²) in [6.07, 6.45) is 3.69. The summed E-state index contributed by atoms with van der Waals surface area (Å²) in [7, 11) is 0. The number of carbonyl (C=O) groups is 1. The van der Waals surface area contributed by atoms with Crippen LogP contribution in [0.15, 0.2) is 42.7 Å². The van der Waals surface area contributed by atoms with Crippen LogP contribution in [0.3, 0.4) is 0 Å². The van der Waals surface area contributed by atoms with E-state index in [-0.39, 0.29) is 40.6 Å². The molecule has 110 valence electrons. The standard InChI is InChI=1S/C15H15N2O3.BrH/c1-11-7-12(2)9-16(8-11)10-15(18)13-5-3-4-6-14(13)17(19)20;/h3-9H,10H2,1-2H3;1H/q+1;/p-1. The Morgan fingerprint density at radius 1 is 1.19 bits per heavy atom. The van der Waals surface area contributed by atoms with Gasteiger partial charge in [0.25, 0.3) is 5.69 Å². The molecule has 5 nitrogen and oxygen atoms in total. The molecule has 1 aromatic carbocycles. The molecule has 0 aliphatic rings. The lowest BCUT2D eigenvalue weighted by molar-refractivity contribution is -0.683. The summed E-state index contributed by atoms with van der Waals surface area (Å²) < 4.78 is 1.75. The van der Waals surface area contributed by atoms with Gasteiger partial charge in [-0.2, -0.15) is 4.57 Å². The average molecular weight is 351 g/mol. The van der Waals surface area contributed by atoms with Crippen LogP contribution in [0.2, 0.25) is 0 Å². The van der Waals surface area contributed by atoms with E-state index in [0.717, 1.165) is 11.1 Å². The van der Waals surface area contributed by atoms with Crippen LogP contribution in [0.5, 0.6) is 0 Å². The van der Waals surface area contributed by atoms with Crippen molar-refractivity contribution in [3.05, 3.63) is 69.5 Å². The number of aryl methyl sites for hydroxylation is 2. The van der Waals surface area contributed by atoms with Crippen LogP contribution in [0.4, 0.5) is 5.69 Å². The SMILES string of the molecule is Cc1cc(C)c[n+](CC(=O)c2ccccc2[N+](=O)[O-])c1.[Br-]. The van der Waals surface area contributed by atoms with Crippen LogP contribution in [0.25, 0.3) is 0 Å². The van der Waals surface area contributed by atoms with Crippen molar-refractivity contribution >= 4 is 11.5 Å². The van der Waals surface area contributed by atoms with E-state index in [0.29, 0.717) is 0 Å². The van der Waals surface area contributed by atoms with Gasteiger partial charge in [0.1, 0.15) is 5.56 Å². The summed E-state index contributed by atoms with van der Waals surface area (Å²) in [5.41, 5.74) is 2.08. The van der Waals surface area contributed by atoms with Crippen molar-refractivity contribution in [2.45, 2.75) is 20.4 Å². The van der Waals surface area contributed by atoms with Crippen LogP contribution < -0.4 is 21.5 Å². The zero-order valence-corrected chi connectivity index (χ0v) is 13.3. The number of pyridine rings is 1. The minimum absolute atomic E-state index is 0. The largest absolute Gasteiger partial charge is 1.00 e. The molecule has 6 heteroatoms. The van der Waals surface area contributed by atoms with Crippen molar-refractivity contribution in [1.82, 2.24) is 0 Å². The summed E-state index contributed by atoms with van der Waals surface area (Å²) in [6.45, 7) is 3.98. The number of nitro benzene ring substituents is 1. The van der Waals surface area contributed by atoms with Crippen molar-refractivity contribution < 1.29 is 31.3 Å². The highest BCUT2D eigenvalue weighted by Gasteiger charge is 2.22. The van der Waals surface area contributed by atoms with Crippen LogP contribution in [0, 0.1) is 24.0 Å². The van der Waals surface area contributed by atoms with E-state index in [9.17, 15) is 14.9 Å². The van der Waals surface area contributed by atoms with Gasteiger partial charge in [0, 0.05) is 17.2 Å². The molecule has 0 amide bonds. The lowest BCUT2D eigenvalue weighted by Crippen LogP contribution is -3.00. The van der Waals surface area contributed by atoms with Crippen LogP contribution in [-0.4, -0.2) is 10.7 Å². The lowest BCUT2D eigenvalue weighted by atomic mass is 10.1. The number of hydrogen-bond acceptors (Lipinski definition) is 3. The molecule has 0 saturated carbocycles. The van der Waals surface area contributed by atoms with Crippen molar-refractivity contribution in [3.63, 3.8) is 0 Å². The smallest absolute Gasteiger partial charge is 0.280 e. The van der Waals surface area contributed by atoms with Crippen molar-refractivity contribution in [2.75, 3.05) is 0 Å². The topological polar surface area (TPSA) is 64.1 Å². The second-order valence-electron chi connectivity index (χ2n) is 4.76. The van der Waals surface area contributed by atoms with Gasteiger partial charge >= 0.3 is 0 Å². The molecule has 0 bridgehead atoms. The Morgan fingerprint density at radius 3 is 2.33 bits per heavy atom. The predicted octanol–water partition coefficient (Wildman–Crippen LogP) is -0.614. The summed E-state index contributed by atoms with van der Waals surface area (Å²) >= 11 is 0. The third kappa shape index (κ3) is 4.19. The number of aromatic nitrogens is 1. The van der Waals surface area contributed by atoms with E-state index in [4.69, 9.17) is 0 Å². The third-order valence-electron chi connectivity index (χ3n) is 2.92. The van der Waals surface area contributed by atoms with Gasteiger partial charge in [-0.25, -0.2) is 0 Å². The Morgan fingerprint density at radius 2 is 1.76 bits per heavy atom. The lowest BCUT2D eigenvalue weighted by Gasteiger charge is -2.01. The molecule has 0 saturated heterocycles. The summed E-state index contributed by atoms with van der Waals surface area (Å²) in [4.78, 5) is 22.6. The number of ketones is 1. The fourth-order valence-electron chi connectivity index (χ4n) is 2.20. The van der Waals surface area contributed by atoms with Gasteiger partial charge in [-0.15, -0.1) is 0 Å². The fourth-order valence-corrected chi connectivity index (χ4v) is 2.20. The first-order valence-corrected chi connectivity index (χ1v) is 6.21. The minimum Gasteiger partial charge on any atom is -1.00 e. The molecule has 0 radical (unpaired) electrons. The Balaban J connectivity index is 0.00000220. The van der Waals surface area contributed by atoms with Crippen LogP contribution in [-0.2, 0) is 6.54 Å². The second kappa shape index (κ2) is 7.08. The Hall–Kier alpha value is -2.08. The number of carbonyl (C=O) groups excluding carboxylic acids is 1. The third-order valence-corrected chi connectivity index (χ3v) is 2.92. The maximum atomic E-state index is 12.2. The van der Waals surface area contributed by atoms with E-state index in [1.54, 1.807) is 16.7 Å². The Labute approximate surface area is 133 Å². The molecular formula is C15H15BrN2O3. The van der Waals surface area contributed by atoms with Gasteiger partial charge in [0.15, 0.2) is 12.4 Å².